The largest absolute Gasteiger partial charge is 0.397 e. The molecule has 0 spiro atoms. The summed E-state index contributed by atoms with van der Waals surface area (Å²) in [5.74, 6) is 5.24. The fourth-order valence-electron chi connectivity index (χ4n) is 0.460. The summed E-state index contributed by atoms with van der Waals surface area (Å²) in [4.78, 5) is 0. The van der Waals surface area contributed by atoms with Gasteiger partial charge in [0.2, 0.25) is 0 Å². The molecule has 0 unspecified atom stereocenters. The van der Waals surface area contributed by atoms with Gasteiger partial charge in [-0.05, 0) is 6.08 Å². The first kappa shape index (κ1) is 4.99. The Morgan fingerprint density at radius 3 is 2.75 bits per heavy atom. The highest BCUT2D eigenvalue weighted by molar-refractivity contribution is 5.15. The van der Waals surface area contributed by atoms with Crippen molar-refractivity contribution in [2.45, 2.75) is 0 Å². The molecule has 0 aromatic rings. The van der Waals surface area contributed by atoms with Crippen LogP contribution in [0.15, 0.2) is 24.2 Å². The van der Waals surface area contributed by atoms with Crippen molar-refractivity contribution in [3.63, 3.8) is 0 Å². The van der Waals surface area contributed by atoms with E-state index in [0.29, 0.717) is 5.70 Å². The second-order valence-corrected chi connectivity index (χ2v) is 1.50. The average Bonchev–Trinajstić information content (AvgIpc) is 1.64. The molecule has 0 saturated heterocycles. The van der Waals surface area contributed by atoms with Crippen LogP contribution in [0.5, 0.6) is 0 Å². The van der Waals surface area contributed by atoms with Gasteiger partial charge in [-0.25, -0.2) is 11.0 Å². The first-order valence-electron chi connectivity index (χ1n) is 2.23. The highest BCUT2D eigenvalue weighted by atomic mass is 15.7. The Labute approximate surface area is 47.4 Å². The van der Waals surface area contributed by atoms with Crippen molar-refractivity contribution in [3.8, 4) is 0 Å². The first-order valence-corrected chi connectivity index (χ1v) is 2.23. The lowest BCUT2D eigenvalue weighted by atomic mass is 10.4. The van der Waals surface area contributed by atoms with E-state index in [9.17, 15) is 0 Å². The van der Waals surface area contributed by atoms with Crippen LogP contribution in [0.4, 0.5) is 0 Å². The lowest BCUT2D eigenvalue weighted by Crippen LogP contribution is -2.38. The fraction of sp³-hybridized carbons (Fsp3) is 0. The summed E-state index contributed by atoms with van der Waals surface area (Å²) in [5, 5.41) is 1.29. The predicted molar refractivity (Wildman–Crippen MR) is 30.6 cm³/mol. The number of rotatable bonds is 0. The molecule has 0 aromatic carbocycles. The molecule has 4 nitrogen and oxygen atoms in total. The van der Waals surface area contributed by atoms with Crippen molar-refractivity contribution in [2.75, 3.05) is 0 Å². The van der Waals surface area contributed by atoms with Gasteiger partial charge in [-0.1, -0.05) is 0 Å². The molecule has 44 valence electrons. The van der Waals surface area contributed by atoms with Crippen LogP contribution in [0, 0.1) is 0 Å². The number of nitrogens with zero attached hydrogens (tertiary/aromatic N) is 1. The molecule has 1 heterocycles. The Kier molecular flexibility index (Phi) is 1.09. The molecule has 0 fully saturated rings. The first-order chi connectivity index (χ1) is 3.79. The van der Waals surface area contributed by atoms with Crippen LogP contribution in [-0.4, -0.2) is 5.12 Å². The number of hydrazine groups is 2. The van der Waals surface area contributed by atoms with Gasteiger partial charge < -0.3 is 5.73 Å². The molecule has 0 radical (unpaired) electrons. The summed E-state index contributed by atoms with van der Waals surface area (Å²) in [5.41, 5.74) is 8.67. The Morgan fingerprint density at radius 1 is 1.62 bits per heavy atom. The van der Waals surface area contributed by atoms with Crippen LogP contribution in [0.25, 0.3) is 0 Å². The molecule has 1 aliphatic heterocycles. The van der Waals surface area contributed by atoms with Crippen molar-refractivity contribution in [3.05, 3.63) is 24.2 Å². The van der Waals surface area contributed by atoms with Crippen LogP contribution in [0.2, 0.25) is 0 Å². The number of hydrogen-bond donors (Lipinski definition) is 3. The van der Waals surface area contributed by atoms with Gasteiger partial charge >= 0.3 is 0 Å². The van der Waals surface area contributed by atoms with E-state index in [1.165, 1.54) is 5.12 Å². The van der Waals surface area contributed by atoms with E-state index in [0.717, 1.165) is 0 Å². The van der Waals surface area contributed by atoms with E-state index >= 15 is 0 Å². The van der Waals surface area contributed by atoms with Crippen molar-refractivity contribution < 1.29 is 0 Å². The Bertz CT molecular complexity index is 137. The third-order valence-corrected chi connectivity index (χ3v) is 0.788. The molecule has 5 N–H and O–H groups in total. The maximum atomic E-state index is 5.34. The van der Waals surface area contributed by atoms with Crippen LogP contribution in [0.1, 0.15) is 0 Å². The zero-order valence-electron chi connectivity index (χ0n) is 4.33. The van der Waals surface area contributed by atoms with Crippen LogP contribution in [0.3, 0.4) is 0 Å². The highest BCUT2D eigenvalue weighted by Gasteiger charge is 1.92. The van der Waals surface area contributed by atoms with E-state index in [1.807, 2.05) is 0 Å². The molecule has 0 atom stereocenters. The summed E-state index contributed by atoms with van der Waals surface area (Å²) < 4.78 is 0. The molecular formula is C4H8N4. The maximum absolute atomic E-state index is 5.34. The lowest BCUT2D eigenvalue weighted by molar-refractivity contribution is 0.322. The van der Waals surface area contributed by atoms with Gasteiger partial charge in [-0.15, -0.1) is 0 Å². The predicted octanol–water partition coefficient (Wildman–Crippen LogP) is -1.01. The topological polar surface area (TPSA) is 67.3 Å². The van der Waals surface area contributed by atoms with Gasteiger partial charge in [0.1, 0.15) is 0 Å². The molecule has 4 heteroatoms. The highest BCUT2D eigenvalue weighted by Crippen LogP contribution is 1.90. The van der Waals surface area contributed by atoms with Gasteiger partial charge in [0.05, 0.1) is 11.9 Å². The number of hydrogen-bond acceptors (Lipinski definition) is 4. The van der Waals surface area contributed by atoms with E-state index in [4.69, 9.17) is 11.6 Å². The van der Waals surface area contributed by atoms with Gasteiger partial charge in [-0.3, -0.25) is 5.43 Å². The molecule has 0 bridgehead atoms. The van der Waals surface area contributed by atoms with Crippen molar-refractivity contribution in [1.29, 1.82) is 0 Å². The van der Waals surface area contributed by atoms with Gasteiger partial charge in [0.15, 0.2) is 0 Å². The minimum atomic E-state index is 0.645. The Morgan fingerprint density at radius 2 is 2.38 bits per heavy atom. The standard InChI is InChI=1S/C4H8N4/c5-4-1-2-7-8(6)3-4/h1-3,7H,5-6H2. The fourth-order valence-corrected chi connectivity index (χ4v) is 0.460. The molecule has 1 aliphatic rings. The third kappa shape index (κ3) is 0.913. The van der Waals surface area contributed by atoms with Crippen LogP contribution < -0.4 is 17.0 Å². The lowest BCUT2D eigenvalue weighted by Gasteiger charge is -2.16. The molecule has 0 aliphatic carbocycles. The maximum Gasteiger partial charge on any atom is 0.0622 e. The Balaban J connectivity index is 2.63. The molecule has 0 saturated carbocycles. The van der Waals surface area contributed by atoms with Crippen LogP contribution in [-0.2, 0) is 0 Å². The summed E-state index contributed by atoms with van der Waals surface area (Å²) in [6.07, 6.45) is 4.97. The minimum Gasteiger partial charge on any atom is -0.397 e. The summed E-state index contributed by atoms with van der Waals surface area (Å²) >= 11 is 0. The number of nitrogens with one attached hydrogen (secondary N) is 1. The number of nitrogens with two attached hydrogens (primary N) is 2. The molecule has 0 amide bonds. The molecule has 8 heavy (non-hydrogen) atoms. The van der Waals surface area contributed by atoms with Crippen molar-refractivity contribution >= 4 is 0 Å². The normalized spacial score (nSPS) is 17.6. The van der Waals surface area contributed by atoms with Crippen molar-refractivity contribution in [2.24, 2.45) is 11.6 Å². The number of allylic oxidation sites excluding steroid dienone is 1. The second-order valence-electron chi connectivity index (χ2n) is 1.50. The minimum absolute atomic E-state index is 0.645. The van der Waals surface area contributed by atoms with Crippen molar-refractivity contribution in [1.82, 2.24) is 10.5 Å². The SMILES string of the molecule is NC1=CN(N)NC=C1. The zero-order valence-corrected chi connectivity index (χ0v) is 4.33. The quantitative estimate of drug-likeness (QED) is 0.351. The third-order valence-electron chi connectivity index (χ3n) is 0.788. The average molecular weight is 112 g/mol. The van der Waals surface area contributed by atoms with E-state index in [1.54, 1.807) is 18.5 Å². The molecule has 0 aromatic heterocycles. The summed E-state index contributed by atoms with van der Waals surface area (Å²) in [6.45, 7) is 0. The monoisotopic (exact) mass is 112 g/mol. The molecule has 1 rings (SSSR count). The van der Waals surface area contributed by atoms with E-state index < -0.39 is 0 Å². The summed E-state index contributed by atoms with van der Waals surface area (Å²) in [7, 11) is 0. The van der Waals surface area contributed by atoms with E-state index in [2.05, 4.69) is 5.43 Å². The second kappa shape index (κ2) is 1.75. The van der Waals surface area contributed by atoms with E-state index in [-0.39, 0.29) is 0 Å². The molecular weight excluding hydrogens is 104 g/mol. The zero-order chi connectivity index (χ0) is 5.98. The summed E-state index contributed by atoms with van der Waals surface area (Å²) in [6, 6.07) is 0. The Hall–Kier alpha value is -1.16. The van der Waals surface area contributed by atoms with Gasteiger partial charge in [-0.2, -0.15) is 0 Å². The van der Waals surface area contributed by atoms with Gasteiger partial charge in [0.25, 0.3) is 0 Å². The van der Waals surface area contributed by atoms with Crippen LogP contribution >= 0.6 is 0 Å². The van der Waals surface area contributed by atoms with Gasteiger partial charge in [0, 0.05) is 6.20 Å². The smallest absolute Gasteiger partial charge is 0.0622 e.